The zero-order chi connectivity index (χ0) is 13.0. The Bertz CT molecular complexity index is 525. The van der Waals surface area contributed by atoms with Crippen molar-refractivity contribution in [2.75, 3.05) is 5.32 Å². The lowest BCUT2D eigenvalue weighted by atomic mass is 10.3. The van der Waals surface area contributed by atoms with Gasteiger partial charge in [-0.05, 0) is 69.2 Å². The van der Waals surface area contributed by atoms with Gasteiger partial charge in [-0.25, -0.2) is 0 Å². The van der Waals surface area contributed by atoms with E-state index in [1.165, 1.54) is 9.26 Å². The maximum atomic E-state index is 4.32. The Labute approximate surface area is 129 Å². The van der Waals surface area contributed by atoms with Crippen molar-refractivity contribution in [3.63, 3.8) is 0 Å². The quantitative estimate of drug-likeness (QED) is 0.733. The first-order chi connectivity index (χ1) is 8.70. The van der Waals surface area contributed by atoms with Crippen molar-refractivity contribution in [1.82, 2.24) is 9.78 Å². The van der Waals surface area contributed by atoms with Crippen LogP contribution in [0.15, 0.2) is 34.9 Å². The van der Waals surface area contributed by atoms with Crippen LogP contribution in [0.25, 0.3) is 0 Å². The number of aromatic nitrogens is 2. The average Bonchev–Trinajstić information content (AvgIpc) is 2.79. The molecule has 0 amide bonds. The van der Waals surface area contributed by atoms with Crippen LogP contribution in [0.1, 0.15) is 19.0 Å². The Kier molecular flexibility index (Phi) is 5.05. The molecule has 1 aromatic heterocycles. The van der Waals surface area contributed by atoms with Crippen LogP contribution in [0.5, 0.6) is 0 Å². The summed E-state index contributed by atoms with van der Waals surface area (Å²) in [5.74, 6) is 0. The third-order valence-corrected chi connectivity index (χ3v) is 4.97. The Balaban J connectivity index is 2.02. The molecule has 0 unspecified atom stereocenters. The van der Waals surface area contributed by atoms with E-state index in [0.29, 0.717) is 0 Å². The van der Waals surface area contributed by atoms with Gasteiger partial charge in [0, 0.05) is 26.5 Å². The number of hydrogen-bond acceptors (Lipinski definition) is 2. The van der Waals surface area contributed by atoms with E-state index in [1.54, 1.807) is 0 Å². The largest absolute Gasteiger partial charge is 0.379 e. The Morgan fingerprint density at radius 3 is 2.94 bits per heavy atom. The van der Waals surface area contributed by atoms with Crippen LogP contribution >= 0.6 is 38.5 Å². The maximum Gasteiger partial charge on any atom is 0.0575 e. The van der Waals surface area contributed by atoms with Gasteiger partial charge in [-0.1, -0.05) is 6.92 Å². The second-order valence-corrected chi connectivity index (χ2v) is 6.04. The molecule has 0 radical (unpaired) electrons. The summed E-state index contributed by atoms with van der Waals surface area (Å²) in [5.41, 5.74) is 2.33. The smallest absolute Gasteiger partial charge is 0.0575 e. The summed E-state index contributed by atoms with van der Waals surface area (Å²) < 4.78 is 4.39. The van der Waals surface area contributed by atoms with Crippen molar-refractivity contribution in [3.8, 4) is 0 Å². The van der Waals surface area contributed by atoms with Gasteiger partial charge < -0.3 is 5.32 Å². The number of rotatable bonds is 5. The number of nitrogens with one attached hydrogen (secondary N) is 1. The highest BCUT2D eigenvalue weighted by molar-refractivity contribution is 14.1. The summed E-state index contributed by atoms with van der Waals surface area (Å²) in [7, 11) is 0. The van der Waals surface area contributed by atoms with Crippen LogP contribution in [0.2, 0.25) is 0 Å². The van der Waals surface area contributed by atoms with Crippen LogP contribution in [0.3, 0.4) is 0 Å². The van der Waals surface area contributed by atoms with Crippen molar-refractivity contribution in [3.05, 3.63) is 44.2 Å². The van der Waals surface area contributed by atoms with Crippen molar-refractivity contribution in [2.45, 2.75) is 26.4 Å². The van der Waals surface area contributed by atoms with Crippen molar-refractivity contribution >= 4 is 44.2 Å². The minimum atomic E-state index is 0.799. The first-order valence-electron chi connectivity index (χ1n) is 5.90. The average molecular weight is 420 g/mol. The molecule has 1 aromatic carbocycles. The molecule has 5 heteroatoms. The van der Waals surface area contributed by atoms with E-state index in [0.717, 1.165) is 29.7 Å². The molecular formula is C13H15BrIN3. The highest BCUT2D eigenvalue weighted by Gasteiger charge is 2.02. The third kappa shape index (κ3) is 3.47. The van der Waals surface area contributed by atoms with Gasteiger partial charge in [-0.3, -0.25) is 4.68 Å². The zero-order valence-corrected chi connectivity index (χ0v) is 13.9. The molecule has 0 saturated carbocycles. The molecule has 0 aliphatic rings. The van der Waals surface area contributed by atoms with Crippen molar-refractivity contribution < 1.29 is 0 Å². The monoisotopic (exact) mass is 419 g/mol. The fraction of sp³-hybridized carbons (Fsp3) is 0.308. The lowest BCUT2D eigenvalue weighted by molar-refractivity contribution is 0.578. The zero-order valence-electron chi connectivity index (χ0n) is 10.2. The molecule has 1 heterocycles. The molecule has 96 valence electrons. The Morgan fingerprint density at radius 2 is 2.22 bits per heavy atom. The number of aryl methyl sites for hydroxylation is 1. The molecule has 2 aromatic rings. The summed E-state index contributed by atoms with van der Waals surface area (Å²) in [6, 6.07) is 8.34. The summed E-state index contributed by atoms with van der Waals surface area (Å²) in [5, 5.41) is 7.74. The number of benzene rings is 1. The summed E-state index contributed by atoms with van der Waals surface area (Å²) >= 11 is 5.85. The predicted octanol–water partition coefficient (Wildman–Crippen LogP) is 4.27. The van der Waals surface area contributed by atoms with Gasteiger partial charge in [-0.2, -0.15) is 5.10 Å². The van der Waals surface area contributed by atoms with Gasteiger partial charge in [0.05, 0.1) is 12.2 Å². The molecule has 0 atom stereocenters. The second-order valence-electron chi connectivity index (χ2n) is 4.03. The number of nitrogens with zero attached hydrogens (tertiary/aromatic N) is 2. The highest BCUT2D eigenvalue weighted by atomic mass is 127. The fourth-order valence-corrected chi connectivity index (χ4v) is 2.44. The number of halogens is 2. The van der Waals surface area contributed by atoms with Crippen LogP contribution in [0.4, 0.5) is 5.69 Å². The first kappa shape index (κ1) is 13.9. The van der Waals surface area contributed by atoms with Crippen LogP contribution in [-0.4, -0.2) is 9.78 Å². The number of anilines is 1. The highest BCUT2D eigenvalue weighted by Crippen LogP contribution is 2.23. The Morgan fingerprint density at radius 1 is 1.39 bits per heavy atom. The van der Waals surface area contributed by atoms with Crippen LogP contribution < -0.4 is 5.32 Å². The van der Waals surface area contributed by atoms with E-state index in [2.05, 4.69) is 84.8 Å². The lowest BCUT2D eigenvalue weighted by Gasteiger charge is -2.09. The van der Waals surface area contributed by atoms with Gasteiger partial charge >= 0.3 is 0 Å². The van der Waals surface area contributed by atoms with Crippen molar-refractivity contribution in [1.29, 1.82) is 0 Å². The van der Waals surface area contributed by atoms with E-state index in [9.17, 15) is 0 Å². The lowest BCUT2D eigenvalue weighted by Crippen LogP contribution is -2.08. The Hall–Kier alpha value is -0.560. The first-order valence-corrected chi connectivity index (χ1v) is 7.77. The predicted molar refractivity (Wildman–Crippen MR) is 86.7 cm³/mol. The molecule has 0 aliphatic heterocycles. The minimum Gasteiger partial charge on any atom is -0.379 e. The molecule has 0 fully saturated rings. The fourth-order valence-electron chi connectivity index (χ4n) is 1.72. The SMILES string of the molecule is CCCn1nccc1CNc1ccc(I)c(Br)c1. The van der Waals surface area contributed by atoms with Gasteiger partial charge in [0.15, 0.2) is 0 Å². The number of hydrogen-bond donors (Lipinski definition) is 1. The molecule has 18 heavy (non-hydrogen) atoms. The summed E-state index contributed by atoms with van der Waals surface area (Å²) in [4.78, 5) is 0. The third-order valence-electron chi connectivity index (χ3n) is 2.63. The topological polar surface area (TPSA) is 29.9 Å². The van der Waals surface area contributed by atoms with E-state index in [4.69, 9.17) is 0 Å². The molecule has 1 N–H and O–H groups in total. The molecule has 2 rings (SSSR count). The van der Waals surface area contributed by atoms with E-state index in [1.807, 2.05) is 6.20 Å². The van der Waals surface area contributed by atoms with Crippen LogP contribution in [0, 0.1) is 3.57 Å². The second kappa shape index (κ2) is 6.56. The van der Waals surface area contributed by atoms with Gasteiger partial charge in [-0.15, -0.1) is 0 Å². The standard InChI is InChI=1S/C13H15BrIN3/c1-2-7-18-11(5-6-17-18)9-16-10-3-4-13(15)12(14)8-10/h3-6,8,16H,2,7,9H2,1H3. The van der Waals surface area contributed by atoms with Gasteiger partial charge in [0.25, 0.3) is 0 Å². The minimum absolute atomic E-state index is 0.799. The molecule has 0 bridgehead atoms. The normalized spacial score (nSPS) is 10.6. The molecule has 3 nitrogen and oxygen atoms in total. The maximum absolute atomic E-state index is 4.32. The van der Waals surface area contributed by atoms with Gasteiger partial charge in [0.1, 0.15) is 0 Å². The summed E-state index contributed by atoms with van der Waals surface area (Å²) in [6.45, 7) is 3.93. The molecule has 0 spiro atoms. The van der Waals surface area contributed by atoms with Crippen molar-refractivity contribution in [2.24, 2.45) is 0 Å². The molecule has 0 aliphatic carbocycles. The summed E-state index contributed by atoms with van der Waals surface area (Å²) in [6.07, 6.45) is 2.96. The van der Waals surface area contributed by atoms with Crippen LogP contribution in [-0.2, 0) is 13.1 Å². The molecular weight excluding hydrogens is 405 g/mol. The van der Waals surface area contributed by atoms with E-state index in [-0.39, 0.29) is 0 Å². The van der Waals surface area contributed by atoms with Gasteiger partial charge in [0.2, 0.25) is 0 Å². The molecule has 0 saturated heterocycles. The van der Waals surface area contributed by atoms with E-state index < -0.39 is 0 Å². The van der Waals surface area contributed by atoms with E-state index >= 15 is 0 Å².